The van der Waals surface area contributed by atoms with Crippen molar-refractivity contribution in [3.8, 4) is 0 Å². The van der Waals surface area contributed by atoms with Crippen LogP contribution in [-0.4, -0.2) is 75.8 Å². The number of rotatable bonds is 9. The van der Waals surface area contributed by atoms with Crippen LogP contribution in [0.25, 0.3) is 0 Å². The van der Waals surface area contributed by atoms with Crippen LogP contribution in [0.3, 0.4) is 0 Å². The number of hydrogen-bond acceptors (Lipinski definition) is 4. The van der Waals surface area contributed by atoms with Crippen molar-refractivity contribution in [3.63, 3.8) is 0 Å². The molecule has 28 heavy (non-hydrogen) atoms. The minimum atomic E-state index is -0.0384. The summed E-state index contributed by atoms with van der Waals surface area (Å²) in [4.78, 5) is 18.7. The number of carbonyl (C=O) groups excluding carboxylic acids is 1. The number of hydrogen-bond donors (Lipinski definition) is 3. The Morgan fingerprint density at radius 2 is 1.96 bits per heavy atom. The zero-order valence-electron chi connectivity index (χ0n) is 17.4. The second-order valence-corrected chi connectivity index (χ2v) is 7.50. The van der Waals surface area contributed by atoms with Gasteiger partial charge in [0.25, 0.3) is 5.91 Å². The third-order valence-corrected chi connectivity index (χ3v) is 4.53. The molecule has 1 aromatic carbocycles. The monoisotopic (exact) mass is 389 g/mol. The van der Waals surface area contributed by atoms with Gasteiger partial charge in [-0.2, -0.15) is 0 Å². The van der Waals surface area contributed by atoms with Gasteiger partial charge < -0.3 is 20.7 Å². The molecule has 1 aliphatic heterocycles. The molecule has 2 rings (SSSR count). The first-order chi connectivity index (χ1) is 13.6. The Kier molecular flexibility index (Phi) is 9.79. The number of nitrogens with one attached hydrogen (secondary N) is 3. The van der Waals surface area contributed by atoms with E-state index in [0.717, 1.165) is 51.7 Å². The van der Waals surface area contributed by atoms with Gasteiger partial charge in [-0.1, -0.05) is 32.0 Å². The Balaban J connectivity index is 1.59. The van der Waals surface area contributed by atoms with Gasteiger partial charge in [-0.15, -0.1) is 0 Å². The molecule has 0 spiro atoms. The molecular formula is C21H35N5O2. The number of amides is 1. The number of benzene rings is 1. The van der Waals surface area contributed by atoms with Gasteiger partial charge in [-0.05, 0) is 24.5 Å². The summed E-state index contributed by atoms with van der Waals surface area (Å²) in [6, 6.07) is 9.26. The minimum Gasteiger partial charge on any atom is -0.374 e. The number of nitrogens with zero attached hydrogens (tertiary/aromatic N) is 2. The highest BCUT2D eigenvalue weighted by molar-refractivity contribution is 5.94. The van der Waals surface area contributed by atoms with Gasteiger partial charge in [0.05, 0.1) is 12.7 Å². The van der Waals surface area contributed by atoms with Crippen molar-refractivity contribution in [2.45, 2.75) is 26.4 Å². The zero-order valence-corrected chi connectivity index (χ0v) is 17.4. The highest BCUT2D eigenvalue weighted by Gasteiger charge is 2.21. The van der Waals surface area contributed by atoms with E-state index < -0.39 is 0 Å². The Hall–Kier alpha value is -2.12. The predicted molar refractivity (Wildman–Crippen MR) is 114 cm³/mol. The Morgan fingerprint density at radius 1 is 1.21 bits per heavy atom. The number of morpholine rings is 1. The van der Waals surface area contributed by atoms with Crippen LogP contribution in [0, 0.1) is 5.92 Å². The molecule has 0 bridgehead atoms. The van der Waals surface area contributed by atoms with E-state index in [4.69, 9.17) is 4.74 Å². The van der Waals surface area contributed by atoms with Crippen molar-refractivity contribution >= 4 is 11.9 Å². The molecular weight excluding hydrogens is 354 g/mol. The first-order valence-electron chi connectivity index (χ1n) is 10.2. The Labute approximate surface area is 168 Å². The molecule has 1 aliphatic rings. The third kappa shape index (κ3) is 8.27. The summed E-state index contributed by atoms with van der Waals surface area (Å²) < 4.78 is 5.86. The van der Waals surface area contributed by atoms with E-state index in [9.17, 15) is 4.79 Å². The van der Waals surface area contributed by atoms with E-state index in [1.807, 2.05) is 30.3 Å². The summed E-state index contributed by atoms with van der Waals surface area (Å²) in [7, 11) is 1.76. The largest absolute Gasteiger partial charge is 0.374 e. The second kappa shape index (κ2) is 12.4. The van der Waals surface area contributed by atoms with E-state index in [2.05, 4.69) is 39.7 Å². The van der Waals surface area contributed by atoms with Gasteiger partial charge in [0.1, 0.15) is 0 Å². The summed E-state index contributed by atoms with van der Waals surface area (Å²) in [6.45, 7) is 10.4. The molecule has 1 aromatic rings. The van der Waals surface area contributed by atoms with Gasteiger partial charge >= 0.3 is 0 Å². The van der Waals surface area contributed by atoms with Crippen LogP contribution in [0.1, 0.15) is 30.6 Å². The fraction of sp³-hybridized carbons (Fsp3) is 0.619. The van der Waals surface area contributed by atoms with Crippen LogP contribution in [0.4, 0.5) is 0 Å². The molecule has 3 N–H and O–H groups in total. The summed E-state index contributed by atoms with van der Waals surface area (Å²) in [5.74, 6) is 1.39. The van der Waals surface area contributed by atoms with Gasteiger partial charge in [0.15, 0.2) is 5.96 Å². The number of guanidine groups is 1. The third-order valence-electron chi connectivity index (χ3n) is 4.53. The average Bonchev–Trinajstić information content (AvgIpc) is 2.70. The molecule has 1 atom stereocenters. The summed E-state index contributed by atoms with van der Waals surface area (Å²) >= 11 is 0. The van der Waals surface area contributed by atoms with Crippen LogP contribution in [-0.2, 0) is 4.74 Å². The van der Waals surface area contributed by atoms with Crippen molar-refractivity contribution in [2.75, 3.05) is 52.9 Å². The molecule has 0 aromatic heterocycles. The normalized spacial score (nSPS) is 18.1. The lowest BCUT2D eigenvalue weighted by atomic mass is 10.2. The highest BCUT2D eigenvalue weighted by atomic mass is 16.5. The average molecular weight is 390 g/mol. The van der Waals surface area contributed by atoms with Crippen LogP contribution in [0.2, 0.25) is 0 Å². The molecule has 1 saturated heterocycles. The number of carbonyl (C=O) groups is 1. The minimum absolute atomic E-state index is 0.0384. The molecule has 0 aliphatic carbocycles. The SMILES string of the molecule is CN=C(NCCCNC(=O)c1ccccc1)NCC1CN(CC(C)C)CCO1. The van der Waals surface area contributed by atoms with E-state index >= 15 is 0 Å². The Morgan fingerprint density at radius 3 is 2.68 bits per heavy atom. The molecule has 156 valence electrons. The first kappa shape index (κ1) is 22.2. The maximum absolute atomic E-state index is 12.0. The molecule has 1 heterocycles. The standard InChI is InChI=1S/C21H35N5O2/c1-17(2)15-26-12-13-28-19(16-26)14-25-21(22-3)24-11-7-10-23-20(27)18-8-5-4-6-9-18/h4-6,8-9,17,19H,7,10-16H2,1-3H3,(H,23,27)(H2,22,24,25). The van der Waals surface area contributed by atoms with Gasteiger partial charge in [0, 0.05) is 51.9 Å². The summed E-state index contributed by atoms with van der Waals surface area (Å²) in [5, 5.41) is 9.55. The molecule has 1 fully saturated rings. The molecule has 0 saturated carbocycles. The van der Waals surface area contributed by atoms with E-state index in [1.165, 1.54) is 0 Å². The maximum atomic E-state index is 12.0. The molecule has 1 unspecified atom stereocenters. The quantitative estimate of drug-likeness (QED) is 0.337. The van der Waals surface area contributed by atoms with Crippen molar-refractivity contribution in [1.82, 2.24) is 20.9 Å². The van der Waals surface area contributed by atoms with Crippen molar-refractivity contribution in [3.05, 3.63) is 35.9 Å². The van der Waals surface area contributed by atoms with Gasteiger partial charge in [-0.3, -0.25) is 14.7 Å². The highest BCUT2D eigenvalue weighted by Crippen LogP contribution is 2.07. The summed E-state index contributed by atoms with van der Waals surface area (Å²) in [5.41, 5.74) is 0.687. The number of ether oxygens (including phenoxy) is 1. The smallest absolute Gasteiger partial charge is 0.251 e. The van der Waals surface area contributed by atoms with Gasteiger partial charge in [-0.25, -0.2) is 0 Å². The van der Waals surface area contributed by atoms with Crippen LogP contribution in [0.5, 0.6) is 0 Å². The maximum Gasteiger partial charge on any atom is 0.251 e. The lowest BCUT2D eigenvalue weighted by Gasteiger charge is -2.34. The zero-order chi connectivity index (χ0) is 20.2. The van der Waals surface area contributed by atoms with Crippen molar-refractivity contribution in [2.24, 2.45) is 10.9 Å². The fourth-order valence-electron chi connectivity index (χ4n) is 3.21. The van der Waals surface area contributed by atoms with Crippen LogP contribution < -0.4 is 16.0 Å². The predicted octanol–water partition coefficient (Wildman–Crippen LogP) is 1.33. The molecule has 7 heteroatoms. The topological polar surface area (TPSA) is 78.0 Å². The molecule has 7 nitrogen and oxygen atoms in total. The number of aliphatic imine (C=N–C) groups is 1. The van der Waals surface area contributed by atoms with Gasteiger partial charge in [0.2, 0.25) is 0 Å². The lowest BCUT2D eigenvalue weighted by Crippen LogP contribution is -2.50. The summed E-state index contributed by atoms with van der Waals surface area (Å²) in [6.07, 6.45) is 0.998. The second-order valence-electron chi connectivity index (χ2n) is 7.50. The molecule has 0 radical (unpaired) electrons. The fourth-order valence-corrected chi connectivity index (χ4v) is 3.21. The molecule has 1 amide bonds. The van der Waals surface area contributed by atoms with E-state index in [0.29, 0.717) is 18.0 Å². The lowest BCUT2D eigenvalue weighted by molar-refractivity contribution is -0.0284. The van der Waals surface area contributed by atoms with Crippen molar-refractivity contribution in [1.29, 1.82) is 0 Å². The van der Waals surface area contributed by atoms with E-state index in [-0.39, 0.29) is 12.0 Å². The Bertz CT molecular complexity index is 606. The van der Waals surface area contributed by atoms with E-state index in [1.54, 1.807) is 7.05 Å². The first-order valence-corrected chi connectivity index (χ1v) is 10.2. The van der Waals surface area contributed by atoms with Crippen LogP contribution >= 0.6 is 0 Å². The van der Waals surface area contributed by atoms with Crippen LogP contribution in [0.15, 0.2) is 35.3 Å². The van der Waals surface area contributed by atoms with Crippen molar-refractivity contribution < 1.29 is 9.53 Å².